The SMILES string of the molecule is Cc1cc2cc(-c3ccc4c(c3)Cc3cc(C)n(C)c3-4)oc2cc1C. The first-order valence-electron chi connectivity index (χ1n) is 8.81. The zero-order valence-corrected chi connectivity index (χ0v) is 15.1. The Hall–Kier alpha value is -2.74. The molecule has 0 amide bonds. The Balaban J connectivity index is 1.62. The van der Waals surface area contributed by atoms with Gasteiger partial charge in [-0.1, -0.05) is 12.1 Å². The van der Waals surface area contributed by atoms with E-state index in [0.29, 0.717) is 0 Å². The summed E-state index contributed by atoms with van der Waals surface area (Å²) in [5.41, 5.74) is 11.6. The van der Waals surface area contributed by atoms with Gasteiger partial charge in [0.1, 0.15) is 11.3 Å². The average molecular weight is 327 g/mol. The van der Waals surface area contributed by atoms with Crippen LogP contribution in [-0.2, 0) is 13.5 Å². The predicted octanol–water partition coefficient (Wildman–Crippen LogP) is 5.93. The molecule has 2 aromatic carbocycles. The van der Waals surface area contributed by atoms with Gasteiger partial charge < -0.3 is 8.98 Å². The fourth-order valence-electron chi connectivity index (χ4n) is 4.07. The molecule has 0 aliphatic heterocycles. The third kappa shape index (κ3) is 2.03. The molecule has 1 aliphatic carbocycles. The second-order valence-corrected chi connectivity index (χ2v) is 7.35. The molecule has 0 saturated carbocycles. The van der Waals surface area contributed by atoms with E-state index in [1.54, 1.807) is 0 Å². The average Bonchev–Trinajstić information content (AvgIpc) is 3.21. The number of nitrogens with zero attached hydrogens (tertiary/aromatic N) is 1. The van der Waals surface area contributed by atoms with E-state index in [4.69, 9.17) is 4.42 Å². The Labute approximate surface area is 147 Å². The van der Waals surface area contributed by atoms with Gasteiger partial charge in [-0.15, -0.1) is 0 Å². The zero-order chi connectivity index (χ0) is 17.3. The fourth-order valence-corrected chi connectivity index (χ4v) is 4.07. The van der Waals surface area contributed by atoms with Crippen molar-refractivity contribution in [3.63, 3.8) is 0 Å². The van der Waals surface area contributed by atoms with Crippen LogP contribution in [0.5, 0.6) is 0 Å². The summed E-state index contributed by atoms with van der Waals surface area (Å²) in [6.07, 6.45) is 1.01. The monoisotopic (exact) mass is 327 g/mol. The van der Waals surface area contributed by atoms with E-state index in [1.807, 2.05) is 0 Å². The topological polar surface area (TPSA) is 18.1 Å². The number of hydrogen-bond acceptors (Lipinski definition) is 1. The van der Waals surface area contributed by atoms with Crippen LogP contribution in [0.1, 0.15) is 27.9 Å². The maximum atomic E-state index is 6.15. The van der Waals surface area contributed by atoms with Crippen LogP contribution in [-0.4, -0.2) is 4.57 Å². The Kier molecular flexibility index (Phi) is 2.85. The van der Waals surface area contributed by atoms with E-state index in [-0.39, 0.29) is 0 Å². The van der Waals surface area contributed by atoms with Gasteiger partial charge in [-0.05, 0) is 73.4 Å². The lowest BCUT2D eigenvalue weighted by molar-refractivity contribution is 0.631. The highest BCUT2D eigenvalue weighted by atomic mass is 16.3. The smallest absolute Gasteiger partial charge is 0.135 e. The van der Waals surface area contributed by atoms with Crippen molar-refractivity contribution in [3.8, 4) is 22.6 Å². The van der Waals surface area contributed by atoms with Crippen molar-refractivity contribution in [2.45, 2.75) is 27.2 Å². The summed E-state index contributed by atoms with van der Waals surface area (Å²) in [6, 6.07) is 15.6. The van der Waals surface area contributed by atoms with Gasteiger partial charge >= 0.3 is 0 Å². The minimum absolute atomic E-state index is 0.954. The summed E-state index contributed by atoms with van der Waals surface area (Å²) in [5.74, 6) is 0.954. The molecule has 5 rings (SSSR count). The maximum Gasteiger partial charge on any atom is 0.135 e. The van der Waals surface area contributed by atoms with Crippen LogP contribution >= 0.6 is 0 Å². The molecule has 0 spiro atoms. The zero-order valence-electron chi connectivity index (χ0n) is 15.1. The summed E-state index contributed by atoms with van der Waals surface area (Å²) in [6.45, 7) is 6.45. The first-order chi connectivity index (χ1) is 12.0. The number of aryl methyl sites for hydroxylation is 3. The van der Waals surface area contributed by atoms with E-state index in [0.717, 1.165) is 23.3 Å². The normalized spacial score (nSPS) is 12.6. The van der Waals surface area contributed by atoms with Crippen LogP contribution in [0.2, 0.25) is 0 Å². The quantitative estimate of drug-likeness (QED) is 0.373. The molecule has 0 atom stereocenters. The third-order valence-electron chi connectivity index (χ3n) is 5.71. The lowest BCUT2D eigenvalue weighted by atomic mass is 10.0. The van der Waals surface area contributed by atoms with Crippen LogP contribution in [0, 0.1) is 20.8 Å². The lowest BCUT2D eigenvalue weighted by Crippen LogP contribution is -1.93. The number of hydrogen-bond donors (Lipinski definition) is 0. The molecule has 0 radical (unpaired) electrons. The van der Waals surface area contributed by atoms with Crippen molar-refractivity contribution >= 4 is 11.0 Å². The molecule has 2 aromatic heterocycles. The Morgan fingerprint density at radius 2 is 1.68 bits per heavy atom. The molecular formula is C23H21NO. The first-order valence-corrected chi connectivity index (χ1v) is 8.81. The maximum absolute atomic E-state index is 6.15. The van der Waals surface area contributed by atoms with Gasteiger partial charge in [0.25, 0.3) is 0 Å². The number of benzene rings is 2. The highest BCUT2D eigenvalue weighted by molar-refractivity contribution is 5.85. The summed E-state index contributed by atoms with van der Waals surface area (Å²) < 4.78 is 8.45. The number of aromatic nitrogens is 1. The predicted molar refractivity (Wildman–Crippen MR) is 103 cm³/mol. The standard InChI is InChI=1S/C23H21NO/c1-13-7-18-12-22(25-21(18)8-14(13)2)16-5-6-20-17(10-16)11-19-9-15(3)24(4)23(19)20/h5-10,12H,11H2,1-4H3. The highest BCUT2D eigenvalue weighted by Crippen LogP contribution is 2.40. The van der Waals surface area contributed by atoms with Gasteiger partial charge in [-0.3, -0.25) is 0 Å². The van der Waals surface area contributed by atoms with Crippen molar-refractivity contribution < 1.29 is 4.42 Å². The highest BCUT2D eigenvalue weighted by Gasteiger charge is 2.23. The van der Waals surface area contributed by atoms with Crippen LogP contribution in [0.3, 0.4) is 0 Å². The summed E-state index contributed by atoms with van der Waals surface area (Å²) in [4.78, 5) is 0. The van der Waals surface area contributed by atoms with Gasteiger partial charge in [-0.25, -0.2) is 0 Å². The molecule has 2 heteroatoms. The number of furan rings is 1. The van der Waals surface area contributed by atoms with E-state index in [1.165, 1.54) is 44.6 Å². The first kappa shape index (κ1) is 14.6. The van der Waals surface area contributed by atoms with E-state index in [9.17, 15) is 0 Å². The fraction of sp³-hybridized carbons (Fsp3) is 0.217. The molecule has 0 bridgehead atoms. The van der Waals surface area contributed by atoms with Crippen molar-refractivity contribution in [3.05, 3.63) is 70.4 Å². The van der Waals surface area contributed by atoms with E-state index in [2.05, 4.69) is 74.9 Å². The summed E-state index contributed by atoms with van der Waals surface area (Å²) >= 11 is 0. The van der Waals surface area contributed by atoms with Crippen molar-refractivity contribution in [1.82, 2.24) is 4.57 Å². The van der Waals surface area contributed by atoms with Gasteiger partial charge in [0.2, 0.25) is 0 Å². The molecular weight excluding hydrogens is 306 g/mol. The molecule has 0 saturated heterocycles. The molecule has 0 N–H and O–H groups in total. The van der Waals surface area contributed by atoms with E-state index < -0.39 is 0 Å². The number of fused-ring (bicyclic) bond motifs is 4. The van der Waals surface area contributed by atoms with Gasteiger partial charge in [0.15, 0.2) is 0 Å². The minimum atomic E-state index is 0.954. The molecule has 2 nitrogen and oxygen atoms in total. The lowest BCUT2D eigenvalue weighted by Gasteiger charge is -2.07. The van der Waals surface area contributed by atoms with Crippen molar-refractivity contribution in [2.24, 2.45) is 7.05 Å². The Morgan fingerprint density at radius 3 is 2.52 bits per heavy atom. The summed E-state index contributed by atoms with van der Waals surface area (Å²) in [7, 11) is 2.15. The van der Waals surface area contributed by atoms with Crippen LogP contribution in [0.25, 0.3) is 33.6 Å². The van der Waals surface area contributed by atoms with Crippen molar-refractivity contribution in [1.29, 1.82) is 0 Å². The molecule has 4 aromatic rings. The van der Waals surface area contributed by atoms with Crippen molar-refractivity contribution in [2.75, 3.05) is 0 Å². The third-order valence-corrected chi connectivity index (χ3v) is 5.71. The molecule has 25 heavy (non-hydrogen) atoms. The molecule has 0 unspecified atom stereocenters. The molecule has 0 fully saturated rings. The minimum Gasteiger partial charge on any atom is -0.456 e. The largest absolute Gasteiger partial charge is 0.456 e. The summed E-state index contributed by atoms with van der Waals surface area (Å²) in [5, 5.41) is 1.18. The second kappa shape index (κ2) is 4.89. The van der Waals surface area contributed by atoms with E-state index >= 15 is 0 Å². The number of rotatable bonds is 1. The van der Waals surface area contributed by atoms with Crippen LogP contribution in [0.4, 0.5) is 0 Å². The molecule has 1 aliphatic rings. The van der Waals surface area contributed by atoms with Crippen LogP contribution < -0.4 is 0 Å². The second-order valence-electron chi connectivity index (χ2n) is 7.35. The Bertz CT molecular complexity index is 1120. The molecule has 2 heterocycles. The van der Waals surface area contributed by atoms with Gasteiger partial charge in [0.05, 0.1) is 5.69 Å². The molecule has 124 valence electrons. The van der Waals surface area contributed by atoms with Crippen LogP contribution in [0.15, 0.2) is 46.9 Å². The Morgan fingerprint density at radius 1 is 0.880 bits per heavy atom. The van der Waals surface area contributed by atoms with Gasteiger partial charge in [-0.2, -0.15) is 0 Å². The van der Waals surface area contributed by atoms with Gasteiger partial charge in [0, 0.05) is 35.7 Å².